The first-order valence-corrected chi connectivity index (χ1v) is 10.6. The molecule has 1 aromatic carbocycles. The van der Waals surface area contributed by atoms with E-state index in [4.69, 9.17) is 16.3 Å². The molecule has 0 atom stereocenters. The summed E-state index contributed by atoms with van der Waals surface area (Å²) >= 11 is 6.38. The minimum atomic E-state index is -0.786. The smallest absolute Gasteiger partial charge is 0.255 e. The zero-order valence-electron chi connectivity index (χ0n) is 17.8. The molecule has 0 bridgehead atoms. The van der Waals surface area contributed by atoms with Gasteiger partial charge in [-0.15, -0.1) is 0 Å². The molecule has 4 rings (SSSR count). The Hall–Kier alpha value is -2.52. The second kappa shape index (κ2) is 8.55. The van der Waals surface area contributed by atoms with E-state index in [-0.39, 0.29) is 33.2 Å². The summed E-state index contributed by atoms with van der Waals surface area (Å²) in [6, 6.07) is 2.34. The van der Waals surface area contributed by atoms with Crippen LogP contribution < -0.4 is 10.1 Å². The Balaban J connectivity index is 1.69. The molecule has 31 heavy (non-hydrogen) atoms. The predicted molar refractivity (Wildman–Crippen MR) is 116 cm³/mol. The highest BCUT2D eigenvalue weighted by Crippen LogP contribution is 2.46. The van der Waals surface area contributed by atoms with Crippen LogP contribution in [0, 0.1) is 17.0 Å². The fourth-order valence-electron chi connectivity index (χ4n) is 3.33. The molecule has 1 fully saturated rings. The lowest BCUT2D eigenvalue weighted by atomic mass is 10.1. The molecule has 2 aromatic heterocycles. The molecule has 1 aliphatic rings. The van der Waals surface area contributed by atoms with E-state index in [2.05, 4.69) is 27.3 Å². The van der Waals surface area contributed by atoms with Gasteiger partial charge in [-0.1, -0.05) is 18.5 Å². The molecule has 0 radical (unpaired) electrons. The van der Waals surface area contributed by atoms with E-state index in [1.165, 1.54) is 23.0 Å². The Morgan fingerprint density at radius 2 is 1.94 bits per heavy atom. The number of nitrogens with one attached hydrogen (secondary N) is 1. The number of rotatable bonds is 9. The average Bonchev–Trinajstić information content (AvgIpc) is 3.25. The van der Waals surface area contributed by atoms with Crippen LogP contribution in [0.15, 0.2) is 18.5 Å². The SMILES string of the molecule is CN(C)CCCOc1cc(F)c(-c2c(Cl)nc3ncnn3c2NCC2(C)CC2)c(F)c1. The number of hydrogen-bond donors (Lipinski definition) is 1. The number of anilines is 1. The maximum Gasteiger partial charge on any atom is 0.255 e. The second-order valence-corrected chi connectivity index (χ2v) is 8.89. The summed E-state index contributed by atoms with van der Waals surface area (Å²) in [5.41, 5.74) is -0.0292. The van der Waals surface area contributed by atoms with Gasteiger partial charge in [0.1, 0.15) is 34.7 Å². The first-order chi connectivity index (χ1) is 14.8. The van der Waals surface area contributed by atoms with Crippen molar-refractivity contribution in [1.82, 2.24) is 24.5 Å². The van der Waals surface area contributed by atoms with Gasteiger partial charge in [0.15, 0.2) is 0 Å². The zero-order chi connectivity index (χ0) is 22.2. The van der Waals surface area contributed by atoms with Gasteiger partial charge < -0.3 is 15.0 Å². The lowest BCUT2D eigenvalue weighted by Gasteiger charge is -2.18. The van der Waals surface area contributed by atoms with E-state index in [9.17, 15) is 0 Å². The second-order valence-electron chi connectivity index (χ2n) is 8.53. The minimum Gasteiger partial charge on any atom is -0.493 e. The molecule has 1 aliphatic carbocycles. The lowest BCUT2D eigenvalue weighted by Crippen LogP contribution is -2.16. The first kappa shape index (κ1) is 21.7. The van der Waals surface area contributed by atoms with Crippen molar-refractivity contribution >= 4 is 23.2 Å². The topological polar surface area (TPSA) is 67.6 Å². The summed E-state index contributed by atoms with van der Waals surface area (Å²) in [5, 5.41) is 7.37. The third-order valence-electron chi connectivity index (χ3n) is 5.45. The molecular weight excluding hydrogens is 426 g/mol. The van der Waals surface area contributed by atoms with Crippen LogP contribution in [0.5, 0.6) is 5.75 Å². The summed E-state index contributed by atoms with van der Waals surface area (Å²) in [6.07, 6.45) is 4.22. The van der Waals surface area contributed by atoms with Crippen molar-refractivity contribution < 1.29 is 13.5 Å². The largest absolute Gasteiger partial charge is 0.493 e. The predicted octanol–water partition coefficient (Wildman–Crippen LogP) is 4.27. The number of fused-ring (bicyclic) bond motifs is 1. The number of nitrogens with zero attached hydrogens (tertiary/aromatic N) is 5. The Labute approximate surface area is 184 Å². The Morgan fingerprint density at radius 1 is 1.23 bits per heavy atom. The van der Waals surface area contributed by atoms with Gasteiger partial charge in [0.25, 0.3) is 5.78 Å². The summed E-state index contributed by atoms with van der Waals surface area (Å²) in [5.74, 6) is -0.835. The van der Waals surface area contributed by atoms with Crippen molar-refractivity contribution in [3.8, 4) is 16.9 Å². The molecular formula is C21H25ClF2N6O. The molecule has 0 amide bonds. The Kier molecular flexibility index (Phi) is 5.98. The van der Waals surface area contributed by atoms with Crippen molar-refractivity contribution in [2.24, 2.45) is 5.41 Å². The Morgan fingerprint density at radius 3 is 2.58 bits per heavy atom. The van der Waals surface area contributed by atoms with Crippen molar-refractivity contribution in [2.45, 2.75) is 26.2 Å². The molecule has 7 nitrogen and oxygen atoms in total. The molecule has 3 aromatic rings. The van der Waals surface area contributed by atoms with Crippen LogP contribution in [0.4, 0.5) is 14.6 Å². The normalized spacial score (nSPS) is 14.9. The van der Waals surface area contributed by atoms with E-state index in [0.717, 1.165) is 25.8 Å². The third-order valence-corrected chi connectivity index (χ3v) is 5.73. The van der Waals surface area contributed by atoms with Gasteiger partial charge in [0.05, 0.1) is 17.7 Å². The number of ether oxygens (including phenoxy) is 1. The van der Waals surface area contributed by atoms with E-state index < -0.39 is 11.6 Å². The molecule has 0 spiro atoms. The zero-order valence-corrected chi connectivity index (χ0v) is 18.5. The first-order valence-electron chi connectivity index (χ1n) is 10.2. The van der Waals surface area contributed by atoms with Gasteiger partial charge in [0, 0.05) is 25.2 Å². The maximum absolute atomic E-state index is 15.1. The third kappa shape index (κ3) is 4.72. The number of aromatic nitrogens is 4. The van der Waals surface area contributed by atoms with Crippen LogP contribution in [0.3, 0.4) is 0 Å². The maximum atomic E-state index is 15.1. The van der Waals surface area contributed by atoms with Crippen LogP contribution in [-0.2, 0) is 0 Å². The van der Waals surface area contributed by atoms with E-state index >= 15 is 8.78 Å². The summed E-state index contributed by atoms with van der Waals surface area (Å²) in [6.45, 7) is 3.93. The van der Waals surface area contributed by atoms with Crippen LogP contribution >= 0.6 is 11.6 Å². The quantitative estimate of drug-likeness (QED) is 0.388. The Bertz CT molecular complexity index is 1080. The number of benzene rings is 1. The summed E-state index contributed by atoms with van der Waals surface area (Å²) < 4.78 is 37.2. The van der Waals surface area contributed by atoms with Crippen molar-refractivity contribution in [3.63, 3.8) is 0 Å². The standard InChI is InChI=1S/C21H25ClF2N6O/c1-21(5-6-21)11-25-19-17(18(22)28-20-26-12-27-30(19)20)16-14(23)9-13(10-15(16)24)31-8-4-7-29(2)3/h9-10,12,25H,4-8,11H2,1-3H3. The fourth-order valence-corrected chi connectivity index (χ4v) is 3.59. The summed E-state index contributed by atoms with van der Waals surface area (Å²) in [4.78, 5) is 10.2. The monoisotopic (exact) mass is 450 g/mol. The van der Waals surface area contributed by atoms with E-state index in [1.54, 1.807) is 0 Å². The molecule has 1 N–H and O–H groups in total. The van der Waals surface area contributed by atoms with Crippen LogP contribution in [0.25, 0.3) is 16.9 Å². The molecule has 0 unspecified atom stereocenters. The fraction of sp³-hybridized carbons (Fsp3) is 0.476. The number of hydrogen-bond acceptors (Lipinski definition) is 6. The van der Waals surface area contributed by atoms with Gasteiger partial charge in [-0.2, -0.15) is 19.6 Å². The highest BCUT2D eigenvalue weighted by molar-refractivity contribution is 6.33. The van der Waals surface area contributed by atoms with Crippen molar-refractivity contribution in [1.29, 1.82) is 0 Å². The van der Waals surface area contributed by atoms with Gasteiger partial charge in [-0.05, 0) is 38.8 Å². The molecule has 166 valence electrons. The van der Waals surface area contributed by atoms with Gasteiger partial charge in [-0.25, -0.2) is 8.78 Å². The molecule has 10 heteroatoms. The van der Waals surface area contributed by atoms with Crippen molar-refractivity contribution in [2.75, 3.05) is 39.1 Å². The average molecular weight is 451 g/mol. The van der Waals surface area contributed by atoms with Crippen LogP contribution in [0.1, 0.15) is 26.2 Å². The molecule has 2 heterocycles. The van der Waals surface area contributed by atoms with E-state index in [0.29, 0.717) is 19.0 Å². The highest BCUT2D eigenvalue weighted by Gasteiger charge is 2.37. The highest BCUT2D eigenvalue weighted by atomic mass is 35.5. The van der Waals surface area contributed by atoms with Gasteiger partial charge in [-0.3, -0.25) is 0 Å². The number of halogens is 3. The molecule has 1 saturated carbocycles. The molecule has 0 saturated heterocycles. The molecule has 0 aliphatic heterocycles. The van der Waals surface area contributed by atoms with Crippen molar-refractivity contribution in [3.05, 3.63) is 35.2 Å². The lowest BCUT2D eigenvalue weighted by molar-refractivity contribution is 0.279. The van der Waals surface area contributed by atoms with Crippen LogP contribution in [0.2, 0.25) is 5.15 Å². The summed E-state index contributed by atoms with van der Waals surface area (Å²) in [7, 11) is 3.90. The van der Waals surface area contributed by atoms with Crippen LogP contribution in [-0.4, -0.2) is 58.3 Å². The van der Waals surface area contributed by atoms with E-state index in [1.807, 2.05) is 19.0 Å². The minimum absolute atomic E-state index is 0.0543. The van der Waals surface area contributed by atoms with Gasteiger partial charge >= 0.3 is 0 Å². The van der Waals surface area contributed by atoms with Gasteiger partial charge in [0.2, 0.25) is 0 Å².